The van der Waals surface area contributed by atoms with E-state index in [1.54, 1.807) is 11.8 Å². The van der Waals surface area contributed by atoms with E-state index in [2.05, 4.69) is 42.2 Å². The van der Waals surface area contributed by atoms with Gasteiger partial charge in [0.05, 0.1) is 11.4 Å². The van der Waals surface area contributed by atoms with E-state index in [1.165, 1.54) is 43.2 Å². The Balaban J connectivity index is 1.86. The molecule has 4 nitrogen and oxygen atoms in total. The topological polar surface area (TPSA) is 53.3 Å². The third kappa shape index (κ3) is 4.69. The highest BCUT2D eigenvalue weighted by Gasteiger charge is 2.25. The van der Waals surface area contributed by atoms with E-state index in [4.69, 9.17) is 4.74 Å². The summed E-state index contributed by atoms with van der Waals surface area (Å²) in [7, 11) is 0. The summed E-state index contributed by atoms with van der Waals surface area (Å²) in [6.45, 7) is 4.53. The Hall–Kier alpha value is -2.45. The molecular weight excluding hydrogens is 368 g/mol. The van der Waals surface area contributed by atoms with Crippen molar-refractivity contribution in [1.82, 2.24) is 0 Å². The number of esters is 1. The van der Waals surface area contributed by atoms with Crippen LogP contribution in [0, 0.1) is 11.3 Å². The molecule has 1 atom stereocenters. The summed E-state index contributed by atoms with van der Waals surface area (Å²) in [5.74, 6) is -0.448. The van der Waals surface area contributed by atoms with Crippen LogP contribution in [0.2, 0.25) is 0 Å². The van der Waals surface area contributed by atoms with E-state index in [0.717, 1.165) is 23.5 Å². The first-order valence-electron chi connectivity index (χ1n) is 9.89. The first-order valence-corrected chi connectivity index (χ1v) is 10.7. The first kappa shape index (κ1) is 20.3. The van der Waals surface area contributed by atoms with Gasteiger partial charge in [0.1, 0.15) is 6.07 Å². The van der Waals surface area contributed by atoms with Gasteiger partial charge in [0.25, 0.3) is 0 Å². The minimum absolute atomic E-state index is 0.448. The third-order valence-electron chi connectivity index (χ3n) is 4.84. The predicted octanol–water partition coefficient (Wildman–Crippen LogP) is 6.39. The number of unbranched alkanes of at least 4 members (excludes halogenated alkanes) is 4. The highest BCUT2D eigenvalue weighted by molar-refractivity contribution is 7.99. The number of hydrogen-bond acceptors (Lipinski definition) is 5. The molecule has 146 valence electrons. The summed E-state index contributed by atoms with van der Waals surface area (Å²) in [5, 5.41) is 9.38. The van der Waals surface area contributed by atoms with Gasteiger partial charge in [0, 0.05) is 28.8 Å². The van der Waals surface area contributed by atoms with Gasteiger partial charge < -0.3 is 9.64 Å². The van der Waals surface area contributed by atoms with Gasteiger partial charge >= 0.3 is 5.97 Å². The zero-order chi connectivity index (χ0) is 19.9. The van der Waals surface area contributed by atoms with E-state index in [-0.39, 0.29) is 0 Å². The monoisotopic (exact) mass is 394 g/mol. The van der Waals surface area contributed by atoms with Crippen LogP contribution in [0.1, 0.15) is 57.6 Å². The Labute approximate surface area is 171 Å². The first-order chi connectivity index (χ1) is 13.6. The Morgan fingerprint density at radius 2 is 1.86 bits per heavy atom. The second-order valence-electron chi connectivity index (χ2n) is 6.98. The van der Waals surface area contributed by atoms with Crippen molar-refractivity contribution in [3.05, 3.63) is 48.0 Å². The molecule has 5 heteroatoms. The van der Waals surface area contributed by atoms with Crippen molar-refractivity contribution < 1.29 is 9.53 Å². The number of rotatable bonds is 8. The van der Waals surface area contributed by atoms with Gasteiger partial charge in [-0.15, -0.1) is 0 Å². The maximum Gasteiger partial charge on any atom is 0.304 e. The number of hydrogen-bond donors (Lipinski definition) is 0. The Morgan fingerprint density at radius 1 is 1.11 bits per heavy atom. The molecule has 2 aromatic carbocycles. The minimum Gasteiger partial charge on any atom is -0.442 e. The maximum absolute atomic E-state index is 11.3. The predicted molar refractivity (Wildman–Crippen MR) is 113 cm³/mol. The molecule has 0 spiro atoms. The highest BCUT2D eigenvalue weighted by atomic mass is 32.2. The van der Waals surface area contributed by atoms with Crippen molar-refractivity contribution in [1.29, 1.82) is 5.26 Å². The fraction of sp³-hybridized carbons (Fsp3) is 0.391. The number of nitrogens with zero attached hydrogens (tertiary/aromatic N) is 2. The average molecular weight is 395 g/mol. The molecule has 0 aliphatic carbocycles. The van der Waals surface area contributed by atoms with Crippen molar-refractivity contribution in [3.8, 4) is 6.07 Å². The fourth-order valence-corrected chi connectivity index (χ4v) is 4.61. The van der Waals surface area contributed by atoms with Gasteiger partial charge in [0.2, 0.25) is 6.10 Å². The lowest BCUT2D eigenvalue weighted by Crippen LogP contribution is -2.22. The van der Waals surface area contributed by atoms with Crippen LogP contribution in [0.5, 0.6) is 0 Å². The molecule has 0 aromatic heterocycles. The summed E-state index contributed by atoms with van der Waals surface area (Å²) in [4.78, 5) is 16.0. The van der Waals surface area contributed by atoms with Crippen LogP contribution in [0.25, 0.3) is 0 Å². The maximum atomic E-state index is 11.3. The number of para-hydroxylation sites is 1. The van der Waals surface area contributed by atoms with Crippen molar-refractivity contribution in [2.45, 2.75) is 61.8 Å². The van der Waals surface area contributed by atoms with E-state index in [9.17, 15) is 10.1 Å². The molecule has 0 fully saturated rings. The average Bonchev–Trinajstić information content (AvgIpc) is 2.70. The molecule has 0 unspecified atom stereocenters. The quantitative estimate of drug-likeness (QED) is 0.384. The second-order valence-corrected chi connectivity index (χ2v) is 8.07. The summed E-state index contributed by atoms with van der Waals surface area (Å²) < 4.78 is 5.15. The van der Waals surface area contributed by atoms with Gasteiger partial charge in [-0.25, -0.2) is 0 Å². The molecule has 28 heavy (non-hydrogen) atoms. The van der Waals surface area contributed by atoms with Gasteiger partial charge in [-0.05, 0) is 30.7 Å². The Kier molecular flexibility index (Phi) is 7.00. The van der Waals surface area contributed by atoms with Gasteiger partial charge in [-0.1, -0.05) is 62.6 Å². The van der Waals surface area contributed by atoms with E-state index < -0.39 is 12.1 Å². The lowest BCUT2D eigenvalue weighted by atomic mass is 10.1. The zero-order valence-corrected chi connectivity index (χ0v) is 17.3. The van der Waals surface area contributed by atoms with Crippen LogP contribution in [0.3, 0.4) is 0 Å². The van der Waals surface area contributed by atoms with Crippen molar-refractivity contribution in [2.75, 3.05) is 11.4 Å². The third-order valence-corrected chi connectivity index (χ3v) is 5.95. The molecule has 0 bridgehead atoms. The molecule has 0 saturated heterocycles. The summed E-state index contributed by atoms with van der Waals surface area (Å²) in [6, 6.07) is 16.4. The fourth-order valence-electron chi connectivity index (χ4n) is 3.46. The SMILES string of the molecule is CCCCCCCN1c2ccccc2Sc2cc([C@@H](C#N)OC(C)=O)ccc21. The molecule has 0 N–H and O–H groups in total. The highest BCUT2D eigenvalue weighted by Crippen LogP contribution is 2.48. The summed E-state index contributed by atoms with van der Waals surface area (Å²) in [6.07, 6.45) is 5.32. The molecule has 2 aromatic rings. The number of carbonyl (C=O) groups excluding carboxylic acids is 1. The number of ether oxygens (including phenoxy) is 1. The molecule has 3 rings (SSSR count). The lowest BCUT2D eigenvalue weighted by molar-refractivity contribution is -0.144. The Morgan fingerprint density at radius 3 is 2.61 bits per heavy atom. The number of carbonyl (C=O) groups is 1. The number of fused-ring (bicyclic) bond motifs is 2. The van der Waals surface area contributed by atoms with Crippen molar-refractivity contribution in [2.24, 2.45) is 0 Å². The van der Waals surface area contributed by atoms with Crippen LogP contribution in [0.15, 0.2) is 52.3 Å². The van der Waals surface area contributed by atoms with Crippen molar-refractivity contribution >= 4 is 29.1 Å². The Bertz CT molecular complexity index is 875. The molecule has 1 aliphatic rings. The second kappa shape index (κ2) is 9.66. The molecule has 1 heterocycles. The van der Waals surface area contributed by atoms with E-state index >= 15 is 0 Å². The molecule has 0 saturated carbocycles. The van der Waals surface area contributed by atoms with Gasteiger partial charge in [-0.3, -0.25) is 4.79 Å². The number of nitriles is 1. The van der Waals surface area contributed by atoms with Gasteiger partial charge in [0.15, 0.2) is 0 Å². The molecule has 1 aliphatic heterocycles. The minimum atomic E-state index is -0.872. The standard InChI is InChI=1S/C23H26N2O2S/c1-3-4-5-6-9-14-25-19-10-7-8-11-22(19)28-23-15-18(12-13-20(23)25)21(16-24)27-17(2)26/h7-8,10-13,15,21H,3-6,9,14H2,1-2H3/t21-/m1/s1. The number of benzene rings is 2. The van der Waals surface area contributed by atoms with Crippen LogP contribution in [-0.4, -0.2) is 12.5 Å². The smallest absolute Gasteiger partial charge is 0.304 e. The van der Waals surface area contributed by atoms with Crippen LogP contribution < -0.4 is 4.90 Å². The normalized spacial score (nSPS) is 13.2. The zero-order valence-electron chi connectivity index (χ0n) is 16.5. The molecule has 0 radical (unpaired) electrons. The van der Waals surface area contributed by atoms with Crippen molar-refractivity contribution in [3.63, 3.8) is 0 Å². The van der Waals surface area contributed by atoms with E-state index in [0.29, 0.717) is 5.56 Å². The van der Waals surface area contributed by atoms with Crippen LogP contribution >= 0.6 is 11.8 Å². The largest absolute Gasteiger partial charge is 0.442 e. The van der Waals surface area contributed by atoms with Crippen LogP contribution in [0.4, 0.5) is 11.4 Å². The number of anilines is 2. The lowest BCUT2D eigenvalue weighted by Gasteiger charge is -2.33. The van der Waals surface area contributed by atoms with Crippen LogP contribution in [-0.2, 0) is 9.53 Å². The summed E-state index contributed by atoms with van der Waals surface area (Å²) >= 11 is 1.70. The van der Waals surface area contributed by atoms with Gasteiger partial charge in [-0.2, -0.15) is 5.26 Å². The molecule has 0 amide bonds. The summed E-state index contributed by atoms with van der Waals surface area (Å²) in [5.41, 5.74) is 3.11. The van der Waals surface area contributed by atoms with E-state index in [1.807, 2.05) is 18.2 Å². The molecular formula is C23H26N2O2S.